The number of halogens is 1. The van der Waals surface area contributed by atoms with Gasteiger partial charge in [0.05, 0.1) is 16.7 Å². The molecule has 104 valence electrons. The number of anilines is 1. The molecule has 0 saturated carbocycles. The lowest BCUT2D eigenvalue weighted by Crippen LogP contribution is -2.49. The first kappa shape index (κ1) is 13.7. The van der Waals surface area contributed by atoms with E-state index in [0.29, 0.717) is 18.2 Å². The van der Waals surface area contributed by atoms with Crippen LogP contribution >= 0.6 is 0 Å². The van der Waals surface area contributed by atoms with Crippen molar-refractivity contribution in [3.8, 4) is 0 Å². The Kier molecular flexibility index (Phi) is 3.99. The van der Waals surface area contributed by atoms with Crippen molar-refractivity contribution in [1.29, 1.82) is 0 Å². The van der Waals surface area contributed by atoms with Gasteiger partial charge in [-0.1, -0.05) is 6.92 Å². The molecule has 2 rings (SSSR count). The minimum Gasteiger partial charge on any atom is -0.365 e. The van der Waals surface area contributed by atoms with Crippen LogP contribution in [-0.4, -0.2) is 24.1 Å². The van der Waals surface area contributed by atoms with Gasteiger partial charge in [-0.3, -0.25) is 10.1 Å². The van der Waals surface area contributed by atoms with Gasteiger partial charge in [-0.2, -0.15) is 0 Å². The number of piperidine rings is 1. The van der Waals surface area contributed by atoms with E-state index in [1.807, 2.05) is 4.90 Å². The molecule has 1 aromatic carbocycles. The van der Waals surface area contributed by atoms with Crippen LogP contribution in [-0.2, 0) is 0 Å². The van der Waals surface area contributed by atoms with Gasteiger partial charge in [0.25, 0.3) is 5.69 Å². The molecule has 6 heteroatoms. The second-order valence-corrected chi connectivity index (χ2v) is 5.01. The predicted octanol–water partition coefficient (Wildman–Crippen LogP) is 2.30. The lowest BCUT2D eigenvalue weighted by atomic mass is 9.90. The molecule has 0 radical (unpaired) electrons. The zero-order valence-electron chi connectivity index (χ0n) is 10.9. The summed E-state index contributed by atoms with van der Waals surface area (Å²) in [7, 11) is 0. The Labute approximate surface area is 111 Å². The van der Waals surface area contributed by atoms with Crippen molar-refractivity contribution in [2.45, 2.75) is 25.8 Å². The van der Waals surface area contributed by atoms with Crippen LogP contribution in [0.15, 0.2) is 18.2 Å². The fourth-order valence-corrected chi connectivity index (χ4v) is 2.75. The SMILES string of the molecule is CC1CCCN(c2ccc([N+](=O)[O-])cc2F)C1CN. The van der Waals surface area contributed by atoms with E-state index in [9.17, 15) is 14.5 Å². The van der Waals surface area contributed by atoms with Gasteiger partial charge in [0.15, 0.2) is 5.82 Å². The lowest BCUT2D eigenvalue weighted by molar-refractivity contribution is -0.385. The summed E-state index contributed by atoms with van der Waals surface area (Å²) in [5.74, 6) is -0.157. The average Bonchev–Trinajstić information content (AvgIpc) is 2.38. The highest BCUT2D eigenvalue weighted by atomic mass is 19.1. The Morgan fingerprint density at radius 2 is 2.32 bits per heavy atom. The molecule has 2 N–H and O–H groups in total. The van der Waals surface area contributed by atoms with Crippen molar-refractivity contribution in [2.75, 3.05) is 18.0 Å². The normalized spacial score (nSPS) is 23.4. The van der Waals surface area contributed by atoms with Crippen LogP contribution < -0.4 is 10.6 Å². The Hall–Kier alpha value is -1.69. The highest BCUT2D eigenvalue weighted by molar-refractivity contribution is 5.53. The van der Waals surface area contributed by atoms with Crippen molar-refractivity contribution in [2.24, 2.45) is 11.7 Å². The number of non-ortho nitro benzene ring substituents is 1. The van der Waals surface area contributed by atoms with Crippen LogP contribution in [0.1, 0.15) is 19.8 Å². The summed E-state index contributed by atoms with van der Waals surface area (Å²) in [6, 6.07) is 3.88. The predicted molar refractivity (Wildman–Crippen MR) is 71.6 cm³/mol. The van der Waals surface area contributed by atoms with E-state index in [2.05, 4.69) is 6.92 Å². The van der Waals surface area contributed by atoms with E-state index in [1.165, 1.54) is 12.1 Å². The standard InChI is InChI=1S/C13H18FN3O2/c1-9-3-2-6-16(13(9)8-15)12-5-4-10(17(18)19)7-11(12)14/h4-5,7,9,13H,2-3,6,8,15H2,1H3. The summed E-state index contributed by atoms with van der Waals surface area (Å²) in [4.78, 5) is 12.0. The maximum atomic E-state index is 14.0. The Morgan fingerprint density at radius 3 is 2.89 bits per heavy atom. The average molecular weight is 267 g/mol. The summed E-state index contributed by atoms with van der Waals surface area (Å²) in [5, 5.41) is 10.6. The van der Waals surface area contributed by atoms with E-state index < -0.39 is 10.7 Å². The monoisotopic (exact) mass is 267 g/mol. The lowest BCUT2D eigenvalue weighted by Gasteiger charge is -2.41. The summed E-state index contributed by atoms with van der Waals surface area (Å²) in [6.07, 6.45) is 2.06. The molecule has 19 heavy (non-hydrogen) atoms. The number of hydrogen-bond donors (Lipinski definition) is 1. The number of nitro groups is 1. The third-order valence-electron chi connectivity index (χ3n) is 3.81. The number of nitrogens with two attached hydrogens (primary N) is 1. The molecule has 0 bridgehead atoms. The van der Waals surface area contributed by atoms with Gasteiger partial charge in [0.2, 0.25) is 0 Å². The van der Waals surface area contributed by atoms with Crippen LogP contribution in [0.3, 0.4) is 0 Å². The maximum absolute atomic E-state index is 14.0. The molecular formula is C13H18FN3O2. The second-order valence-electron chi connectivity index (χ2n) is 5.01. The van der Waals surface area contributed by atoms with Gasteiger partial charge < -0.3 is 10.6 Å². The topological polar surface area (TPSA) is 72.4 Å². The third-order valence-corrected chi connectivity index (χ3v) is 3.81. The van der Waals surface area contributed by atoms with Crippen molar-refractivity contribution >= 4 is 11.4 Å². The molecule has 1 saturated heterocycles. The van der Waals surface area contributed by atoms with Gasteiger partial charge in [-0.15, -0.1) is 0 Å². The minimum absolute atomic E-state index is 0.0877. The zero-order valence-corrected chi connectivity index (χ0v) is 10.9. The summed E-state index contributed by atoms with van der Waals surface area (Å²) < 4.78 is 14.0. The van der Waals surface area contributed by atoms with Gasteiger partial charge in [-0.25, -0.2) is 4.39 Å². The maximum Gasteiger partial charge on any atom is 0.272 e. The zero-order chi connectivity index (χ0) is 14.0. The summed E-state index contributed by atoms with van der Waals surface area (Å²) >= 11 is 0. The van der Waals surface area contributed by atoms with Crippen molar-refractivity contribution < 1.29 is 9.31 Å². The molecule has 0 aliphatic carbocycles. The molecule has 1 aliphatic heterocycles. The van der Waals surface area contributed by atoms with Crippen LogP contribution in [0, 0.1) is 21.8 Å². The highest BCUT2D eigenvalue weighted by Gasteiger charge is 2.29. The minimum atomic E-state index is -0.591. The van der Waals surface area contributed by atoms with Crippen LogP contribution in [0.25, 0.3) is 0 Å². The molecular weight excluding hydrogens is 249 g/mol. The van der Waals surface area contributed by atoms with Crippen molar-refractivity contribution in [3.05, 3.63) is 34.1 Å². The molecule has 1 fully saturated rings. The molecule has 1 aliphatic rings. The van der Waals surface area contributed by atoms with Crippen LogP contribution in [0.5, 0.6) is 0 Å². The molecule has 1 aromatic rings. The number of hydrogen-bond acceptors (Lipinski definition) is 4. The molecule has 5 nitrogen and oxygen atoms in total. The summed E-state index contributed by atoms with van der Waals surface area (Å²) in [5.41, 5.74) is 5.96. The fraction of sp³-hybridized carbons (Fsp3) is 0.538. The first-order chi connectivity index (χ1) is 9.04. The van der Waals surface area contributed by atoms with Gasteiger partial charge in [-0.05, 0) is 24.8 Å². The number of rotatable bonds is 3. The number of nitro benzene ring substituents is 1. The quantitative estimate of drug-likeness (QED) is 0.673. The fourth-order valence-electron chi connectivity index (χ4n) is 2.75. The first-order valence-corrected chi connectivity index (χ1v) is 6.45. The van der Waals surface area contributed by atoms with E-state index in [1.54, 1.807) is 0 Å². The molecule has 0 amide bonds. The van der Waals surface area contributed by atoms with Gasteiger partial charge in [0.1, 0.15) is 0 Å². The van der Waals surface area contributed by atoms with Crippen molar-refractivity contribution in [3.63, 3.8) is 0 Å². The highest BCUT2D eigenvalue weighted by Crippen LogP contribution is 2.31. The van der Waals surface area contributed by atoms with Gasteiger partial charge >= 0.3 is 0 Å². The summed E-state index contributed by atoms with van der Waals surface area (Å²) in [6.45, 7) is 3.30. The van der Waals surface area contributed by atoms with Crippen LogP contribution in [0.4, 0.5) is 15.8 Å². The number of nitrogens with zero attached hydrogens (tertiary/aromatic N) is 2. The van der Waals surface area contributed by atoms with Crippen molar-refractivity contribution in [1.82, 2.24) is 0 Å². The number of benzene rings is 1. The van der Waals surface area contributed by atoms with E-state index in [-0.39, 0.29) is 11.7 Å². The Bertz CT molecular complexity index is 481. The third kappa shape index (κ3) is 2.68. The molecule has 1 heterocycles. The Balaban J connectivity index is 2.32. The molecule has 2 unspecified atom stereocenters. The van der Waals surface area contributed by atoms with Gasteiger partial charge in [0, 0.05) is 25.2 Å². The smallest absolute Gasteiger partial charge is 0.272 e. The second kappa shape index (κ2) is 5.52. The van der Waals surface area contributed by atoms with E-state index in [0.717, 1.165) is 25.5 Å². The molecule has 0 spiro atoms. The van der Waals surface area contributed by atoms with E-state index in [4.69, 9.17) is 5.73 Å². The van der Waals surface area contributed by atoms with Crippen LogP contribution in [0.2, 0.25) is 0 Å². The molecule has 0 aromatic heterocycles. The first-order valence-electron chi connectivity index (χ1n) is 6.45. The molecule has 2 atom stereocenters. The van der Waals surface area contributed by atoms with E-state index >= 15 is 0 Å². The Morgan fingerprint density at radius 1 is 1.58 bits per heavy atom. The largest absolute Gasteiger partial charge is 0.365 e.